The Morgan fingerprint density at radius 3 is 1.27 bits per heavy atom. The minimum atomic E-state index is 0.789. The summed E-state index contributed by atoms with van der Waals surface area (Å²) in [4.78, 5) is 2.29. The van der Waals surface area contributed by atoms with Gasteiger partial charge in [-0.05, 0) is 90.5 Å². The van der Waals surface area contributed by atoms with E-state index in [1.165, 1.54) is 49.0 Å². The van der Waals surface area contributed by atoms with E-state index in [0.29, 0.717) is 0 Å². The van der Waals surface area contributed by atoms with Gasteiger partial charge in [0, 0.05) is 16.8 Å². The van der Waals surface area contributed by atoms with E-state index in [0.717, 1.165) is 44.9 Å². The predicted molar refractivity (Wildman–Crippen MR) is 220 cm³/mol. The summed E-state index contributed by atoms with van der Waals surface area (Å²) in [6.45, 7) is 0. The van der Waals surface area contributed by atoms with E-state index in [4.69, 9.17) is 4.42 Å². The summed E-state index contributed by atoms with van der Waals surface area (Å²) >= 11 is 0. The van der Waals surface area contributed by atoms with Crippen LogP contribution >= 0.6 is 0 Å². The van der Waals surface area contributed by atoms with Gasteiger partial charge in [0.1, 0.15) is 5.58 Å². The maximum atomic E-state index is 6.89. The number of furan rings is 1. The van der Waals surface area contributed by atoms with Gasteiger partial charge in [0.15, 0.2) is 0 Å². The molecule has 0 aliphatic rings. The van der Waals surface area contributed by atoms with Crippen LogP contribution in [0.3, 0.4) is 0 Å². The van der Waals surface area contributed by atoms with E-state index in [9.17, 15) is 0 Å². The highest BCUT2D eigenvalue weighted by Gasteiger charge is 2.25. The molecule has 0 radical (unpaired) electrons. The summed E-state index contributed by atoms with van der Waals surface area (Å²) < 4.78 is 6.89. The zero-order valence-electron chi connectivity index (χ0n) is 28.4. The Balaban J connectivity index is 1.17. The molecule has 0 amide bonds. The first-order valence-electron chi connectivity index (χ1n) is 17.8. The van der Waals surface area contributed by atoms with E-state index < -0.39 is 0 Å². The summed E-state index contributed by atoms with van der Waals surface area (Å²) in [5, 5.41) is 8.55. The lowest BCUT2D eigenvalue weighted by Crippen LogP contribution is -2.10. The van der Waals surface area contributed by atoms with Crippen molar-refractivity contribution in [2.24, 2.45) is 0 Å². The largest absolute Gasteiger partial charge is 0.439 e. The highest BCUT2D eigenvalue weighted by Crippen LogP contribution is 2.48. The highest BCUT2D eigenvalue weighted by molar-refractivity contribution is 6.25. The fraction of sp³-hybridized carbons (Fsp3) is 0. The van der Waals surface area contributed by atoms with Gasteiger partial charge in [-0.25, -0.2) is 0 Å². The van der Waals surface area contributed by atoms with Crippen LogP contribution in [0.1, 0.15) is 0 Å². The van der Waals surface area contributed by atoms with E-state index in [1.807, 2.05) is 6.07 Å². The van der Waals surface area contributed by atoms with Gasteiger partial charge in [-0.3, -0.25) is 4.90 Å². The molecule has 0 fully saturated rings. The lowest BCUT2D eigenvalue weighted by Gasteiger charge is -2.25. The van der Waals surface area contributed by atoms with Crippen LogP contribution in [0, 0.1) is 0 Å². The Bertz CT molecular complexity index is 2840. The lowest BCUT2D eigenvalue weighted by molar-refractivity contribution is 0.622. The van der Waals surface area contributed by atoms with Gasteiger partial charge in [-0.2, -0.15) is 0 Å². The maximum absolute atomic E-state index is 6.89. The molecule has 0 spiro atoms. The third-order valence-electron chi connectivity index (χ3n) is 10.3. The molecule has 10 aromatic rings. The van der Waals surface area contributed by atoms with Crippen molar-refractivity contribution in [3.63, 3.8) is 0 Å². The van der Waals surface area contributed by atoms with Gasteiger partial charge in [-0.1, -0.05) is 170 Å². The van der Waals surface area contributed by atoms with Crippen LogP contribution in [-0.2, 0) is 0 Å². The Kier molecular flexibility index (Phi) is 7.18. The van der Waals surface area contributed by atoms with Crippen molar-refractivity contribution < 1.29 is 4.42 Å². The van der Waals surface area contributed by atoms with Gasteiger partial charge in [0.05, 0.1) is 5.56 Å². The molecule has 0 bridgehead atoms. The molecule has 244 valence electrons. The SMILES string of the molecule is c1ccc(-c2ccc(-c3ccc(N(c4ccc5c6ccccc6c6ccccc6c5c4)c4oc5ccccc5c4-c4ccccc4)cc3)cc2)cc1. The molecule has 0 saturated heterocycles. The molecular formula is C50H33NO. The van der Waals surface area contributed by atoms with Crippen molar-refractivity contribution in [3.05, 3.63) is 200 Å². The average molecular weight is 664 g/mol. The molecule has 2 heteroatoms. The minimum absolute atomic E-state index is 0.789. The minimum Gasteiger partial charge on any atom is -0.439 e. The molecule has 0 aliphatic carbocycles. The van der Waals surface area contributed by atoms with Crippen LogP contribution in [-0.4, -0.2) is 0 Å². The first-order chi connectivity index (χ1) is 25.8. The van der Waals surface area contributed by atoms with E-state index in [2.05, 4.69) is 199 Å². The number of anilines is 3. The highest BCUT2D eigenvalue weighted by atomic mass is 16.4. The Hall–Kier alpha value is -6.90. The number of para-hydroxylation sites is 1. The molecular weight excluding hydrogens is 631 g/mol. The first-order valence-corrected chi connectivity index (χ1v) is 17.8. The molecule has 0 unspecified atom stereocenters. The van der Waals surface area contributed by atoms with Crippen LogP contribution in [0.5, 0.6) is 0 Å². The number of fused-ring (bicyclic) bond motifs is 7. The smallest absolute Gasteiger partial charge is 0.213 e. The maximum Gasteiger partial charge on any atom is 0.213 e. The second-order valence-corrected chi connectivity index (χ2v) is 13.3. The van der Waals surface area contributed by atoms with Crippen LogP contribution in [0.15, 0.2) is 205 Å². The molecule has 10 rings (SSSR count). The van der Waals surface area contributed by atoms with Gasteiger partial charge in [0.2, 0.25) is 5.88 Å². The summed E-state index contributed by atoms with van der Waals surface area (Å²) in [6, 6.07) is 71.5. The second kappa shape index (κ2) is 12.5. The monoisotopic (exact) mass is 663 g/mol. The van der Waals surface area contributed by atoms with Crippen LogP contribution in [0.2, 0.25) is 0 Å². The van der Waals surface area contributed by atoms with Crippen molar-refractivity contribution >= 4 is 60.5 Å². The Morgan fingerprint density at radius 2 is 0.692 bits per heavy atom. The van der Waals surface area contributed by atoms with Crippen molar-refractivity contribution in [2.75, 3.05) is 4.90 Å². The van der Waals surface area contributed by atoms with Gasteiger partial charge in [0.25, 0.3) is 0 Å². The normalized spacial score (nSPS) is 11.5. The number of hydrogen-bond donors (Lipinski definition) is 0. The summed E-state index contributed by atoms with van der Waals surface area (Å²) in [6.07, 6.45) is 0. The lowest BCUT2D eigenvalue weighted by atomic mass is 9.94. The second-order valence-electron chi connectivity index (χ2n) is 13.3. The fourth-order valence-corrected chi connectivity index (χ4v) is 7.78. The number of benzene rings is 9. The fourth-order valence-electron chi connectivity index (χ4n) is 7.78. The van der Waals surface area contributed by atoms with Gasteiger partial charge >= 0.3 is 0 Å². The average Bonchev–Trinajstić information content (AvgIpc) is 3.61. The van der Waals surface area contributed by atoms with Crippen LogP contribution < -0.4 is 4.90 Å². The summed E-state index contributed by atoms with van der Waals surface area (Å²) in [5.74, 6) is 0.789. The summed E-state index contributed by atoms with van der Waals surface area (Å²) in [5.41, 5.74) is 9.85. The van der Waals surface area contributed by atoms with Crippen molar-refractivity contribution in [2.45, 2.75) is 0 Å². The van der Waals surface area contributed by atoms with Crippen molar-refractivity contribution in [3.8, 4) is 33.4 Å². The Labute approximate surface area is 302 Å². The molecule has 1 heterocycles. The van der Waals surface area contributed by atoms with E-state index in [-0.39, 0.29) is 0 Å². The molecule has 0 aliphatic heterocycles. The van der Waals surface area contributed by atoms with Crippen molar-refractivity contribution in [1.29, 1.82) is 0 Å². The van der Waals surface area contributed by atoms with E-state index >= 15 is 0 Å². The molecule has 0 atom stereocenters. The number of nitrogens with zero attached hydrogens (tertiary/aromatic N) is 1. The van der Waals surface area contributed by atoms with E-state index in [1.54, 1.807) is 0 Å². The molecule has 9 aromatic carbocycles. The van der Waals surface area contributed by atoms with Crippen LogP contribution in [0.4, 0.5) is 17.3 Å². The molecule has 0 saturated carbocycles. The zero-order valence-corrected chi connectivity index (χ0v) is 28.4. The third-order valence-corrected chi connectivity index (χ3v) is 10.3. The van der Waals surface area contributed by atoms with Gasteiger partial charge in [-0.15, -0.1) is 0 Å². The number of hydrogen-bond acceptors (Lipinski definition) is 2. The molecule has 1 aromatic heterocycles. The molecule has 2 nitrogen and oxygen atoms in total. The standard InChI is InChI=1S/C50H33NO/c1-3-13-34(14-4-1)35-23-25-36(26-24-35)37-27-29-39(30-28-37)51(50-49(38-15-5-2-6-16-38)46-21-11-12-22-48(46)52-50)40-31-32-45-43-19-8-7-17-41(43)42-18-9-10-20-44(42)47(45)33-40/h1-33H. The first kappa shape index (κ1) is 30.0. The molecule has 52 heavy (non-hydrogen) atoms. The number of rotatable bonds is 6. The predicted octanol–water partition coefficient (Wildman–Crippen LogP) is 14.4. The molecule has 0 N–H and O–H groups in total. The topological polar surface area (TPSA) is 16.4 Å². The quantitative estimate of drug-likeness (QED) is 0.165. The Morgan fingerprint density at radius 1 is 0.288 bits per heavy atom. The van der Waals surface area contributed by atoms with Crippen LogP contribution in [0.25, 0.3) is 76.7 Å². The summed E-state index contributed by atoms with van der Waals surface area (Å²) in [7, 11) is 0. The third kappa shape index (κ3) is 5.04. The van der Waals surface area contributed by atoms with Gasteiger partial charge < -0.3 is 4.42 Å². The zero-order chi connectivity index (χ0) is 34.4. The van der Waals surface area contributed by atoms with Crippen molar-refractivity contribution in [1.82, 2.24) is 0 Å².